The Hall–Kier alpha value is -2.48. The monoisotopic (exact) mass is 357 g/mol. The number of ether oxygens (including phenoxy) is 1. The lowest BCUT2D eigenvalue weighted by Crippen LogP contribution is -2.60. The number of pyridine rings is 1. The van der Waals surface area contributed by atoms with E-state index >= 15 is 0 Å². The zero-order valence-electron chi connectivity index (χ0n) is 15.0. The number of hydrogen-bond acceptors (Lipinski definition) is 5. The van der Waals surface area contributed by atoms with Crippen LogP contribution in [0.1, 0.15) is 41.9 Å². The van der Waals surface area contributed by atoms with Gasteiger partial charge in [0.1, 0.15) is 5.69 Å². The van der Waals surface area contributed by atoms with Gasteiger partial charge in [0.05, 0.1) is 23.9 Å². The summed E-state index contributed by atoms with van der Waals surface area (Å²) >= 11 is 0. The van der Waals surface area contributed by atoms with E-state index in [1.54, 1.807) is 10.7 Å². The van der Waals surface area contributed by atoms with Crippen LogP contribution >= 0.6 is 0 Å². The van der Waals surface area contributed by atoms with E-state index < -0.39 is 0 Å². The second-order valence-electron chi connectivity index (χ2n) is 7.04. The van der Waals surface area contributed by atoms with Gasteiger partial charge in [-0.2, -0.15) is 5.10 Å². The van der Waals surface area contributed by atoms with Crippen molar-refractivity contribution in [1.29, 1.82) is 0 Å². The third kappa shape index (κ3) is 3.05. The van der Waals surface area contributed by atoms with Crippen molar-refractivity contribution in [2.45, 2.75) is 50.8 Å². The van der Waals surface area contributed by atoms with Crippen molar-refractivity contribution in [1.82, 2.24) is 25.4 Å². The number of hydrogen-bond donors (Lipinski definition) is 2. The lowest BCUT2D eigenvalue weighted by molar-refractivity contribution is -0.125. The van der Waals surface area contributed by atoms with Crippen molar-refractivity contribution in [2.75, 3.05) is 6.61 Å². The first-order valence-corrected chi connectivity index (χ1v) is 9.05. The van der Waals surface area contributed by atoms with Crippen LogP contribution in [0.25, 0.3) is 11.0 Å². The van der Waals surface area contributed by atoms with Crippen LogP contribution in [-0.4, -0.2) is 51.4 Å². The van der Waals surface area contributed by atoms with E-state index in [0.29, 0.717) is 30.8 Å². The molecule has 1 unspecified atom stereocenters. The molecule has 2 aromatic rings. The largest absolute Gasteiger partial charge is 0.376 e. The maximum absolute atomic E-state index is 12.8. The summed E-state index contributed by atoms with van der Waals surface area (Å²) < 4.78 is 7.42. The second kappa shape index (κ2) is 6.68. The van der Waals surface area contributed by atoms with Crippen molar-refractivity contribution in [2.24, 2.45) is 7.05 Å². The fourth-order valence-corrected chi connectivity index (χ4v) is 3.90. The van der Waals surface area contributed by atoms with Crippen LogP contribution < -0.4 is 10.6 Å². The number of nitrogens with zero attached hydrogens (tertiary/aromatic N) is 3. The Morgan fingerprint density at radius 2 is 2.23 bits per heavy atom. The second-order valence-corrected chi connectivity index (χ2v) is 7.04. The van der Waals surface area contributed by atoms with E-state index in [1.165, 1.54) is 0 Å². The highest BCUT2D eigenvalue weighted by Gasteiger charge is 2.37. The molecule has 2 aromatic heterocycles. The van der Waals surface area contributed by atoms with Crippen LogP contribution in [0.4, 0.5) is 0 Å². The molecule has 2 aliphatic rings. The van der Waals surface area contributed by atoms with Gasteiger partial charge in [-0.3, -0.25) is 14.3 Å². The normalized spacial score (nSPS) is 26.1. The van der Waals surface area contributed by atoms with Crippen molar-refractivity contribution in [3.8, 4) is 0 Å². The van der Waals surface area contributed by atoms with Gasteiger partial charge in [0.15, 0.2) is 5.65 Å². The Labute approximate surface area is 151 Å². The summed E-state index contributed by atoms with van der Waals surface area (Å²) in [5, 5.41) is 11.3. The average molecular weight is 357 g/mol. The molecule has 4 heterocycles. The molecule has 2 N–H and O–H groups in total. The molecule has 0 aromatic carbocycles. The van der Waals surface area contributed by atoms with Gasteiger partial charge in [0, 0.05) is 25.5 Å². The molecule has 0 spiro atoms. The van der Waals surface area contributed by atoms with E-state index in [-0.39, 0.29) is 30.0 Å². The summed E-state index contributed by atoms with van der Waals surface area (Å²) in [7, 11) is 1.81. The molecule has 8 heteroatoms. The van der Waals surface area contributed by atoms with Gasteiger partial charge in [-0.05, 0) is 38.3 Å². The predicted octanol–water partition coefficient (Wildman–Crippen LogP) is 0.833. The Kier molecular flexibility index (Phi) is 4.36. The Morgan fingerprint density at radius 3 is 3.00 bits per heavy atom. The Balaban J connectivity index is 1.54. The third-order valence-electron chi connectivity index (χ3n) is 5.23. The summed E-state index contributed by atoms with van der Waals surface area (Å²) in [5.74, 6) is -0.226. The molecule has 3 atom stereocenters. The highest BCUT2D eigenvalue weighted by Crippen LogP contribution is 2.23. The first kappa shape index (κ1) is 17.0. The maximum Gasteiger partial charge on any atom is 0.270 e. The van der Waals surface area contributed by atoms with Crippen LogP contribution in [0.5, 0.6) is 0 Å². The van der Waals surface area contributed by atoms with Gasteiger partial charge in [0.25, 0.3) is 5.91 Å². The molecule has 0 aliphatic carbocycles. The summed E-state index contributed by atoms with van der Waals surface area (Å²) in [5.41, 5.74) is 1.92. The predicted molar refractivity (Wildman–Crippen MR) is 94.6 cm³/mol. The van der Waals surface area contributed by atoms with Gasteiger partial charge >= 0.3 is 0 Å². The van der Waals surface area contributed by atoms with E-state index in [2.05, 4.69) is 20.7 Å². The van der Waals surface area contributed by atoms with Crippen molar-refractivity contribution < 1.29 is 14.3 Å². The zero-order valence-corrected chi connectivity index (χ0v) is 15.0. The number of fused-ring (bicyclic) bond motifs is 1. The fraction of sp³-hybridized carbons (Fsp3) is 0.556. The van der Waals surface area contributed by atoms with Gasteiger partial charge in [-0.1, -0.05) is 0 Å². The molecule has 0 bridgehead atoms. The summed E-state index contributed by atoms with van der Waals surface area (Å²) in [6.45, 7) is 2.62. The zero-order chi connectivity index (χ0) is 18.3. The highest BCUT2D eigenvalue weighted by molar-refractivity contribution is 5.95. The van der Waals surface area contributed by atoms with E-state index in [4.69, 9.17) is 4.74 Å². The van der Waals surface area contributed by atoms with Gasteiger partial charge in [-0.15, -0.1) is 0 Å². The van der Waals surface area contributed by atoms with Gasteiger partial charge < -0.3 is 15.4 Å². The molecule has 26 heavy (non-hydrogen) atoms. The number of rotatable bonds is 3. The highest BCUT2D eigenvalue weighted by atomic mass is 16.5. The summed E-state index contributed by atoms with van der Waals surface area (Å²) in [4.78, 5) is 29.0. The number of carbonyl (C=O) groups excluding carboxylic acids is 2. The van der Waals surface area contributed by atoms with E-state index in [1.807, 2.05) is 20.0 Å². The van der Waals surface area contributed by atoms with Crippen molar-refractivity contribution in [3.05, 3.63) is 23.5 Å². The molecule has 2 amide bonds. The number of carbonyl (C=O) groups is 2. The molecule has 2 aliphatic heterocycles. The molecular formula is C18H23N5O3. The molecule has 0 radical (unpaired) electrons. The number of aromatic nitrogens is 3. The standard InChI is InChI=1S/C18H23N5O3/c1-10-11-5-6-13(19-17(11)23(2)22-10)18(25)20-12-7-8-15(24)21-16(12)14-4-3-9-26-14/h5-6,12,14,16H,3-4,7-9H2,1-2H3,(H,20,25)(H,21,24)/t12-,14?,16-/m0/s1. The van der Waals surface area contributed by atoms with Crippen LogP contribution in [0.2, 0.25) is 0 Å². The average Bonchev–Trinajstić information content (AvgIpc) is 3.25. The molecule has 2 fully saturated rings. The Morgan fingerprint density at radius 1 is 1.38 bits per heavy atom. The lowest BCUT2D eigenvalue weighted by Gasteiger charge is -2.35. The third-order valence-corrected chi connectivity index (χ3v) is 5.23. The maximum atomic E-state index is 12.8. The SMILES string of the molecule is Cc1nn(C)c2nc(C(=O)N[C@H]3CCC(=O)N[C@@H]3C3CCCO3)ccc12. The van der Waals surface area contributed by atoms with E-state index in [0.717, 1.165) is 23.9 Å². The smallest absolute Gasteiger partial charge is 0.270 e. The number of amides is 2. The van der Waals surface area contributed by atoms with Crippen LogP contribution in [0.15, 0.2) is 12.1 Å². The van der Waals surface area contributed by atoms with Crippen molar-refractivity contribution >= 4 is 22.8 Å². The lowest BCUT2D eigenvalue weighted by atomic mass is 9.92. The number of nitrogens with one attached hydrogen (secondary N) is 2. The first-order valence-electron chi connectivity index (χ1n) is 9.05. The molecule has 0 saturated carbocycles. The first-order chi connectivity index (χ1) is 12.5. The summed E-state index contributed by atoms with van der Waals surface area (Å²) in [6, 6.07) is 3.24. The van der Waals surface area contributed by atoms with Crippen molar-refractivity contribution in [3.63, 3.8) is 0 Å². The minimum Gasteiger partial charge on any atom is -0.376 e. The fourth-order valence-electron chi connectivity index (χ4n) is 3.90. The minimum atomic E-state index is -0.241. The molecular weight excluding hydrogens is 334 g/mol. The quantitative estimate of drug-likeness (QED) is 0.848. The van der Waals surface area contributed by atoms with Crippen LogP contribution in [-0.2, 0) is 16.6 Å². The van der Waals surface area contributed by atoms with Gasteiger partial charge in [0.2, 0.25) is 5.91 Å². The van der Waals surface area contributed by atoms with Gasteiger partial charge in [-0.25, -0.2) is 4.98 Å². The topological polar surface area (TPSA) is 98.1 Å². The van der Waals surface area contributed by atoms with E-state index in [9.17, 15) is 9.59 Å². The summed E-state index contributed by atoms with van der Waals surface area (Å²) in [6.07, 6.45) is 2.85. The van der Waals surface area contributed by atoms with Crippen LogP contribution in [0.3, 0.4) is 0 Å². The molecule has 138 valence electrons. The molecule has 4 rings (SSSR count). The minimum absolute atomic E-state index is 0.0147. The number of aryl methyl sites for hydroxylation is 2. The Bertz CT molecular complexity index is 856. The van der Waals surface area contributed by atoms with Crippen LogP contribution in [0, 0.1) is 6.92 Å². The molecule has 8 nitrogen and oxygen atoms in total. The molecule has 2 saturated heterocycles. The number of piperidine rings is 1.